The first-order valence-electron chi connectivity index (χ1n) is 8.57. The maximum Gasteiger partial charge on any atom is 0.227 e. The van der Waals surface area contributed by atoms with E-state index in [2.05, 4.69) is 5.32 Å². The molecule has 7 heteroatoms. The third-order valence-corrected chi connectivity index (χ3v) is 4.58. The van der Waals surface area contributed by atoms with Gasteiger partial charge in [0.15, 0.2) is 0 Å². The molecule has 0 aliphatic carbocycles. The number of nitrogens with zero attached hydrogens (tertiary/aromatic N) is 1. The number of ether oxygens (including phenoxy) is 2. The van der Waals surface area contributed by atoms with E-state index in [-0.39, 0.29) is 37.1 Å². The van der Waals surface area contributed by atoms with Crippen LogP contribution in [0.15, 0.2) is 42.5 Å². The van der Waals surface area contributed by atoms with Gasteiger partial charge < -0.3 is 19.7 Å². The Hall–Kier alpha value is -3.09. The first-order chi connectivity index (χ1) is 13.0. The van der Waals surface area contributed by atoms with Gasteiger partial charge in [-0.2, -0.15) is 0 Å². The lowest BCUT2D eigenvalue weighted by Crippen LogP contribution is -2.32. The summed E-state index contributed by atoms with van der Waals surface area (Å²) in [6, 6.07) is 11.4. The van der Waals surface area contributed by atoms with Crippen LogP contribution in [0, 0.1) is 11.7 Å². The zero-order chi connectivity index (χ0) is 19.4. The minimum Gasteiger partial charge on any atom is -0.497 e. The highest BCUT2D eigenvalue weighted by Gasteiger charge is 2.36. The smallest absolute Gasteiger partial charge is 0.227 e. The Morgan fingerprint density at radius 1 is 1.22 bits per heavy atom. The van der Waals surface area contributed by atoms with Crippen LogP contribution in [0.1, 0.15) is 12.0 Å². The molecule has 1 saturated heterocycles. The summed E-state index contributed by atoms with van der Waals surface area (Å²) in [5, 5.41) is 2.71. The molecule has 1 heterocycles. The number of methoxy groups -OCH3 is 2. The lowest BCUT2D eigenvalue weighted by Gasteiger charge is -2.20. The third-order valence-electron chi connectivity index (χ3n) is 4.58. The van der Waals surface area contributed by atoms with Gasteiger partial charge in [-0.15, -0.1) is 0 Å². The SMILES string of the molecule is COc1ccc(N2CC(C(=O)NCc3ccccc3F)CC2=O)c(OC)c1. The lowest BCUT2D eigenvalue weighted by molar-refractivity contribution is -0.126. The van der Waals surface area contributed by atoms with Crippen LogP contribution in [-0.2, 0) is 16.1 Å². The van der Waals surface area contributed by atoms with E-state index in [1.807, 2.05) is 0 Å². The second kappa shape index (κ2) is 8.07. The minimum atomic E-state index is -0.504. The Kier molecular flexibility index (Phi) is 5.59. The van der Waals surface area contributed by atoms with Crippen LogP contribution >= 0.6 is 0 Å². The maximum absolute atomic E-state index is 13.7. The molecule has 2 aromatic carbocycles. The monoisotopic (exact) mass is 372 g/mol. The van der Waals surface area contributed by atoms with E-state index in [1.54, 1.807) is 43.5 Å². The van der Waals surface area contributed by atoms with E-state index in [0.29, 0.717) is 22.7 Å². The minimum absolute atomic E-state index is 0.0854. The van der Waals surface area contributed by atoms with Gasteiger partial charge in [0.1, 0.15) is 17.3 Å². The molecule has 1 N–H and O–H groups in total. The average Bonchev–Trinajstić information content (AvgIpc) is 3.08. The van der Waals surface area contributed by atoms with Gasteiger partial charge in [-0.3, -0.25) is 9.59 Å². The molecule has 27 heavy (non-hydrogen) atoms. The molecule has 0 radical (unpaired) electrons. The number of nitrogens with one attached hydrogen (secondary N) is 1. The van der Waals surface area contributed by atoms with Crippen LogP contribution in [0.2, 0.25) is 0 Å². The summed E-state index contributed by atoms with van der Waals surface area (Å²) in [5.74, 6) is -0.205. The number of rotatable bonds is 6. The number of benzene rings is 2. The van der Waals surface area contributed by atoms with Crippen molar-refractivity contribution in [2.75, 3.05) is 25.7 Å². The third kappa shape index (κ3) is 4.02. The van der Waals surface area contributed by atoms with Crippen molar-refractivity contribution in [2.24, 2.45) is 5.92 Å². The summed E-state index contributed by atoms with van der Waals surface area (Å²) in [5.41, 5.74) is 0.997. The van der Waals surface area contributed by atoms with Crippen LogP contribution in [0.5, 0.6) is 11.5 Å². The van der Waals surface area contributed by atoms with Crippen LogP contribution < -0.4 is 19.7 Å². The molecule has 1 aliphatic heterocycles. The van der Waals surface area contributed by atoms with Crippen molar-refractivity contribution >= 4 is 17.5 Å². The van der Waals surface area contributed by atoms with Crippen molar-refractivity contribution in [1.29, 1.82) is 0 Å². The first-order valence-corrected chi connectivity index (χ1v) is 8.57. The van der Waals surface area contributed by atoms with Crippen molar-refractivity contribution < 1.29 is 23.5 Å². The molecule has 0 bridgehead atoms. The van der Waals surface area contributed by atoms with E-state index in [0.717, 1.165) is 0 Å². The quantitative estimate of drug-likeness (QED) is 0.846. The molecule has 6 nitrogen and oxygen atoms in total. The molecule has 1 fully saturated rings. The van der Waals surface area contributed by atoms with Crippen molar-refractivity contribution in [1.82, 2.24) is 5.32 Å². The largest absolute Gasteiger partial charge is 0.497 e. The maximum atomic E-state index is 13.7. The van der Waals surface area contributed by atoms with Gasteiger partial charge in [0.05, 0.1) is 25.8 Å². The number of hydrogen-bond acceptors (Lipinski definition) is 4. The molecule has 0 saturated carbocycles. The Bertz CT molecular complexity index is 856. The van der Waals surface area contributed by atoms with E-state index >= 15 is 0 Å². The van der Waals surface area contributed by atoms with E-state index in [1.165, 1.54) is 18.1 Å². The van der Waals surface area contributed by atoms with Gasteiger partial charge in [0.2, 0.25) is 11.8 Å². The summed E-state index contributed by atoms with van der Waals surface area (Å²) in [4.78, 5) is 26.4. The summed E-state index contributed by atoms with van der Waals surface area (Å²) in [6.07, 6.45) is 0.0955. The molecular formula is C20H21FN2O4. The second-order valence-electron chi connectivity index (χ2n) is 6.25. The molecular weight excluding hydrogens is 351 g/mol. The summed E-state index contributed by atoms with van der Waals surface area (Å²) >= 11 is 0. The van der Waals surface area contributed by atoms with Gasteiger partial charge in [0, 0.05) is 31.1 Å². The van der Waals surface area contributed by atoms with Gasteiger partial charge in [-0.05, 0) is 18.2 Å². The molecule has 0 aromatic heterocycles. The number of hydrogen-bond donors (Lipinski definition) is 1. The van der Waals surface area contributed by atoms with Gasteiger partial charge in [0.25, 0.3) is 0 Å². The van der Waals surface area contributed by atoms with Crippen molar-refractivity contribution in [3.05, 3.63) is 53.8 Å². The fourth-order valence-corrected chi connectivity index (χ4v) is 3.09. The molecule has 2 aromatic rings. The summed E-state index contributed by atoms with van der Waals surface area (Å²) in [6.45, 7) is 0.326. The first kappa shape index (κ1) is 18.7. The summed E-state index contributed by atoms with van der Waals surface area (Å²) in [7, 11) is 3.06. The topological polar surface area (TPSA) is 67.9 Å². The van der Waals surface area contributed by atoms with Crippen LogP contribution in [0.25, 0.3) is 0 Å². The van der Waals surface area contributed by atoms with E-state index < -0.39 is 5.92 Å². The average molecular weight is 372 g/mol. The van der Waals surface area contributed by atoms with E-state index in [4.69, 9.17) is 9.47 Å². The molecule has 3 rings (SSSR count). The molecule has 0 spiro atoms. The highest BCUT2D eigenvalue weighted by Crippen LogP contribution is 2.35. The predicted octanol–water partition coefficient (Wildman–Crippen LogP) is 2.51. The van der Waals surface area contributed by atoms with Gasteiger partial charge in [-0.1, -0.05) is 18.2 Å². The Balaban J connectivity index is 1.68. The van der Waals surface area contributed by atoms with Gasteiger partial charge >= 0.3 is 0 Å². The zero-order valence-corrected chi connectivity index (χ0v) is 15.2. The Morgan fingerprint density at radius 2 is 2.00 bits per heavy atom. The van der Waals surface area contributed by atoms with Crippen molar-refractivity contribution in [2.45, 2.75) is 13.0 Å². The van der Waals surface area contributed by atoms with Crippen LogP contribution in [0.3, 0.4) is 0 Å². The fraction of sp³-hybridized carbons (Fsp3) is 0.300. The van der Waals surface area contributed by atoms with Crippen LogP contribution in [0.4, 0.5) is 10.1 Å². The second-order valence-corrected chi connectivity index (χ2v) is 6.25. The van der Waals surface area contributed by atoms with E-state index in [9.17, 15) is 14.0 Å². The normalized spacial score (nSPS) is 16.3. The zero-order valence-electron chi connectivity index (χ0n) is 15.2. The fourth-order valence-electron chi connectivity index (χ4n) is 3.09. The number of halogens is 1. The van der Waals surface area contributed by atoms with Crippen LogP contribution in [-0.4, -0.2) is 32.6 Å². The molecule has 142 valence electrons. The highest BCUT2D eigenvalue weighted by molar-refractivity contribution is 6.01. The molecule has 1 atom stereocenters. The number of amides is 2. The molecule has 1 aliphatic rings. The predicted molar refractivity (Wildman–Crippen MR) is 98.3 cm³/mol. The Morgan fingerprint density at radius 3 is 2.70 bits per heavy atom. The van der Waals surface area contributed by atoms with Gasteiger partial charge in [-0.25, -0.2) is 4.39 Å². The van der Waals surface area contributed by atoms with Crippen molar-refractivity contribution in [3.63, 3.8) is 0 Å². The number of anilines is 1. The highest BCUT2D eigenvalue weighted by atomic mass is 19.1. The lowest BCUT2D eigenvalue weighted by atomic mass is 10.1. The number of carbonyl (C=O) groups excluding carboxylic acids is 2. The summed E-state index contributed by atoms with van der Waals surface area (Å²) < 4.78 is 24.2. The Labute approximate surface area is 156 Å². The van der Waals surface area contributed by atoms with Crippen molar-refractivity contribution in [3.8, 4) is 11.5 Å². The molecule has 2 amide bonds. The molecule has 1 unspecified atom stereocenters. The number of carbonyl (C=O) groups is 2. The standard InChI is InChI=1S/C20H21FN2O4/c1-26-15-7-8-17(18(10-15)27-2)23-12-14(9-19(23)24)20(25)22-11-13-5-3-4-6-16(13)21/h3-8,10,14H,9,11-12H2,1-2H3,(H,22,25).